The molecule has 2 saturated heterocycles. The Morgan fingerprint density at radius 1 is 1.24 bits per heavy atom. The van der Waals surface area contributed by atoms with E-state index < -0.39 is 32.6 Å². The Balaban J connectivity index is 1.96. The zero-order chi connectivity index (χ0) is 24.7. The molecule has 0 aromatic carbocycles. The lowest BCUT2D eigenvalue weighted by molar-refractivity contribution is -0.180. The van der Waals surface area contributed by atoms with Crippen LogP contribution >= 0.6 is 0 Å². The quantitative estimate of drug-likeness (QED) is 0.342. The van der Waals surface area contributed by atoms with Gasteiger partial charge in [0.15, 0.2) is 9.04 Å². The summed E-state index contributed by atoms with van der Waals surface area (Å²) in [4.78, 5) is 41.6. The standard InChI is InChI=1S/C24H38N2O6Si/c1-8-13-31-22(30)25-12-10-9-11-16(25)15-14-17-18(20(27)26(17)19(15)21(28)29)24(5,23(2,3)4)32-33(6)7/h8,16-18,33H,1,9-14H2,2-7H3,(H,28,29)/t16?,17-,18-,24-/m1/s1. The van der Waals surface area contributed by atoms with Crippen molar-refractivity contribution in [1.29, 1.82) is 0 Å². The minimum Gasteiger partial charge on any atom is -0.477 e. The molecule has 3 aliphatic heterocycles. The van der Waals surface area contributed by atoms with Crippen molar-refractivity contribution in [2.45, 2.75) is 84.2 Å². The highest BCUT2D eigenvalue weighted by molar-refractivity contribution is 6.48. The zero-order valence-corrected chi connectivity index (χ0v) is 21.9. The number of nitrogens with zero attached hydrogens (tertiary/aromatic N) is 2. The van der Waals surface area contributed by atoms with E-state index in [4.69, 9.17) is 9.16 Å². The molecule has 3 aliphatic rings. The van der Waals surface area contributed by atoms with Crippen molar-refractivity contribution in [3.8, 4) is 0 Å². The monoisotopic (exact) mass is 478 g/mol. The third kappa shape index (κ3) is 4.37. The average molecular weight is 479 g/mol. The summed E-state index contributed by atoms with van der Waals surface area (Å²) in [5.41, 5.74) is -0.335. The number of carboxylic acids is 1. The van der Waals surface area contributed by atoms with Gasteiger partial charge in [0.05, 0.1) is 23.6 Å². The fourth-order valence-corrected chi connectivity index (χ4v) is 7.05. The van der Waals surface area contributed by atoms with Crippen molar-refractivity contribution < 1.29 is 28.7 Å². The van der Waals surface area contributed by atoms with Crippen molar-refractivity contribution in [1.82, 2.24) is 9.80 Å². The Kier molecular flexibility index (Phi) is 7.15. The van der Waals surface area contributed by atoms with Gasteiger partial charge in [-0.1, -0.05) is 33.4 Å². The summed E-state index contributed by atoms with van der Waals surface area (Å²) < 4.78 is 11.8. The minimum atomic E-state index is -1.49. The van der Waals surface area contributed by atoms with Crippen LogP contribution in [-0.2, 0) is 18.8 Å². The molecule has 1 unspecified atom stereocenters. The number of rotatable bonds is 7. The lowest BCUT2D eigenvalue weighted by Crippen LogP contribution is -2.70. The molecule has 0 aliphatic carbocycles. The first-order valence-corrected chi connectivity index (χ1v) is 14.6. The maximum atomic E-state index is 13.5. The lowest BCUT2D eigenvalue weighted by atomic mass is 9.63. The van der Waals surface area contributed by atoms with Crippen LogP contribution in [0.15, 0.2) is 23.9 Å². The maximum absolute atomic E-state index is 13.5. The summed E-state index contributed by atoms with van der Waals surface area (Å²) in [6.07, 6.45) is 3.84. The molecule has 4 atom stereocenters. The van der Waals surface area contributed by atoms with Gasteiger partial charge in [0.25, 0.3) is 0 Å². The van der Waals surface area contributed by atoms with E-state index in [0.29, 0.717) is 25.0 Å². The van der Waals surface area contributed by atoms with E-state index in [0.717, 1.165) is 12.8 Å². The summed E-state index contributed by atoms with van der Waals surface area (Å²) >= 11 is 0. The molecule has 3 heterocycles. The fourth-order valence-electron chi connectivity index (χ4n) is 5.58. The molecule has 0 saturated carbocycles. The van der Waals surface area contributed by atoms with E-state index in [-0.39, 0.29) is 35.7 Å². The molecule has 33 heavy (non-hydrogen) atoms. The fraction of sp³-hybridized carbons (Fsp3) is 0.708. The molecule has 0 aromatic rings. The molecule has 1 N–H and O–H groups in total. The van der Waals surface area contributed by atoms with E-state index in [1.165, 1.54) is 11.0 Å². The van der Waals surface area contributed by atoms with Gasteiger partial charge in [0.2, 0.25) is 5.91 Å². The summed E-state index contributed by atoms with van der Waals surface area (Å²) in [5, 5.41) is 10.1. The van der Waals surface area contributed by atoms with Crippen LogP contribution in [0.5, 0.6) is 0 Å². The summed E-state index contributed by atoms with van der Waals surface area (Å²) in [7, 11) is -1.49. The smallest absolute Gasteiger partial charge is 0.410 e. The van der Waals surface area contributed by atoms with Crippen LogP contribution in [0, 0.1) is 11.3 Å². The van der Waals surface area contributed by atoms with Crippen LogP contribution in [0.4, 0.5) is 4.79 Å². The highest BCUT2D eigenvalue weighted by atomic mass is 28.3. The number of carboxylic acid groups (broad SMARTS) is 1. The second-order valence-corrected chi connectivity index (χ2v) is 13.1. The van der Waals surface area contributed by atoms with Crippen molar-refractivity contribution in [2.24, 2.45) is 11.3 Å². The largest absolute Gasteiger partial charge is 0.477 e. The van der Waals surface area contributed by atoms with E-state index in [2.05, 4.69) is 40.4 Å². The van der Waals surface area contributed by atoms with Gasteiger partial charge in [0.1, 0.15) is 12.3 Å². The van der Waals surface area contributed by atoms with Crippen molar-refractivity contribution >= 4 is 27.0 Å². The highest BCUT2D eigenvalue weighted by Gasteiger charge is 2.65. The molecule has 2 amide bonds. The van der Waals surface area contributed by atoms with E-state index >= 15 is 0 Å². The van der Waals surface area contributed by atoms with Gasteiger partial charge < -0.3 is 24.1 Å². The molecule has 2 fully saturated rings. The summed E-state index contributed by atoms with van der Waals surface area (Å²) in [5.74, 6) is -1.75. The van der Waals surface area contributed by atoms with E-state index in [1.54, 1.807) is 4.90 Å². The van der Waals surface area contributed by atoms with Crippen LogP contribution in [0.1, 0.15) is 53.4 Å². The first-order valence-electron chi connectivity index (χ1n) is 11.9. The first kappa shape index (κ1) is 25.5. The number of β-lactam (4-membered cyclic amide) rings is 1. The number of fused-ring (bicyclic) bond motifs is 1. The maximum Gasteiger partial charge on any atom is 0.410 e. The van der Waals surface area contributed by atoms with Gasteiger partial charge in [-0.15, -0.1) is 0 Å². The lowest BCUT2D eigenvalue weighted by Gasteiger charge is -2.57. The van der Waals surface area contributed by atoms with Crippen molar-refractivity contribution in [2.75, 3.05) is 13.2 Å². The van der Waals surface area contributed by atoms with Gasteiger partial charge in [-0.05, 0) is 56.7 Å². The van der Waals surface area contributed by atoms with Crippen LogP contribution < -0.4 is 0 Å². The summed E-state index contributed by atoms with van der Waals surface area (Å²) in [6.45, 7) is 16.6. The average Bonchev–Trinajstić information content (AvgIpc) is 3.05. The Labute approximate surface area is 198 Å². The van der Waals surface area contributed by atoms with Gasteiger partial charge >= 0.3 is 12.1 Å². The second-order valence-electron chi connectivity index (χ2n) is 10.7. The Bertz CT molecular complexity index is 864. The Morgan fingerprint density at radius 2 is 1.91 bits per heavy atom. The summed E-state index contributed by atoms with van der Waals surface area (Å²) in [6, 6.07) is -0.661. The number of hydrogen-bond acceptors (Lipinski definition) is 5. The molecule has 0 radical (unpaired) electrons. The predicted molar refractivity (Wildman–Crippen MR) is 127 cm³/mol. The normalized spacial score (nSPS) is 27.2. The third-order valence-electron chi connectivity index (χ3n) is 7.42. The minimum absolute atomic E-state index is 0.0349. The number of hydrogen-bond donors (Lipinski definition) is 1. The van der Waals surface area contributed by atoms with Crippen LogP contribution in [0.2, 0.25) is 13.1 Å². The number of piperidine rings is 1. The highest BCUT2D eigenvalue weighted by Crippen LogP contribution is 2.54. The first-order chi connectivity index (χ1) is 15.3. The number of likely N-dealkylation sites (tertiary alicyclic amines) is 1. The Hall–Kier alpha value is -2.13. The molecule has 8 nitrogen and oxygen atoms in total. The molecular weight excluding hydrogens is 440 g/mol. The molecule has 0 bridgehead atoms. The third-order valence-corrected chi connectivity index (χ3v) is 8.39. The molecule has 0 spiro atoms. The number of aliphatic carboxylic acids is 1. The van der Waals surface area contributed by atoms with Gasteiger partial charge in [-0.3, -0.25) is 4.79 Å². The number of ether oxygens (including phenoxy) is 1. The van der Waals surface area contributed by atoms with Gasteiger partial charge in [-0.25, -0.2) is 9.59 Å². The molecule has 0 aromatic heterocycles. The van der Waals surface area contributed by atoms with Crippen molar-refractivity contribution in [3.63, 3.8) is 0 Å². The SMILES string of the molecule is C=CCOC(=O)N1CCCCC1C1=C(C(=O)O)N2C(=O)[C@H]([C@@](C)(O[SiH](C)C)C(C)(C)C)[C@H]2C1. The number of carbonyl (C=O) groups excluding carboxylic acids is 2. The van der Waals surface area contributed by atoms with E-state index in [1.807, 2.05) is 6.92 Å². The molecule has 184 valence electrons. The van der Waals surface area contributed by atoms with Crippen LogP contribution in [0.3, 0.4) is 0 Å². The zero-order valence-electron chi connectivity index (χ0n) is 20.7. The second kappa shape index (κ2) is 9.25. The topological polar surface area (TPSA) is 96.4 Å². The Morgan fingerprint density at radius 3 is 2.45 bits per heavy atom. The van der Waals surface area contributed by atoms with Crippen LogP contribution in [0.25, 0.3) is 0 Å². The predicted octanol–water partition coefficient (Wildman–Crippen LogP) is 3.54. The number of amides is 2. The molecular formula is C24H38N2O6Si. The number of carbonyl (C=O) groups is 3. The van der Waals surface area contributed by atoms with Crippen molar-refractivity contribution in [3.05, 3.63) is 23.9 Å². The molecule has 9 heteroatoms. The van der Waals surface area contributed by atoms with E-state index in [9.17, 15) is 19.5 Å². The van der Waals surface area contributed by atoms with Gasteiger partial charge in [0, 0.05) is 6.54 Å². The van der Waals surface area contributed by atoms with Crippen LogP contribution in [-0.4, -0.2) is 72.8 Å². The molecule has 3 rings (SSSR count). The van der Waals surface area contributed by atoms with Gasteiger partial charge in [-0.2, -0.15) is 0 Å².